The smallest absolute Gasteiger partial charge is 0.181 e. The first-order valence-corrected chi connectivity index (χ1v) is 8.91. The molecule has 0 amide bonds. The van der Waals surface area contributed by atoms with Crippen molar-refractivity contribution in [2.24, 2.45) is 0 Å². The predicted molar refractivity (Wildman–Crippen MR) is 93.0 cm³/mol. The van der Waals surface area contributed by atoms with E-state index in [1.165, 1.54) is 0 Å². The molecule has 0 radical (unpaired) electrons. The molecule has 0 spiro atoms. The van der Waals surface area contributed by atoms with E-state index in [-0.39, 0.29) is 16.6 Å². The zero-order chi connectivity index (χ0) is 15.6. The van der Waals surface area contributed by atoms with Crippen LogP contribution in [0.4, 0.5) is 0 Å². The third kappa shape index (κ3) is 4.38. The zero-order valence-electron chi connectivity index (χ0n) is 12.7. The summed E-state index contributed by atoms with van der Waals surface area (Å²) in [7, 11) is 0. The second kappa shape index (κ2) is 6.91. The molecule has 1 atom stereocenters. The summed E-state index contributed by atoms with van der Waals surface area (Å²) in [6.07, 6.45) is 1.09. The van der Waals surface area contributed by atoms with Gasteiger partial charge < -0.3 is 0 Å². The van der Waals surface area contributed by atoms with Crippen molar-refractivity contribution in [1.82, 2.24) is 4.90 Å². The molecule has 0 aliphatic carbocycles. The van der Waals surface area contributed by atoms with E-state index < -0.39 is 0 Å². The Morgan fingerprint density at radius 3 is 2.71 bits per heavy atom. The van der Waals surface area contributed by atoms with Crippen LogP contribution in [0.15, 0.2) is 18.2 Å². The van der Waals surface area contributed by atoms with Crippen molar-refractivity contribution in [2.45, 2.75) is 38.0 Å². The van der Waals surface area contributed by atoms with Crippen molar-refractivity contribution in [1.29, 1.82) is 0 Å². The van der Waals surface area contributed by atoms with Gasteiger partial charge in [-0.25, -0.2) is 0 Å². The van der Waals surface area contributed by atoms with Crippen LogP contribution in [0, 0.1) is 0 Å². The zero-order valence-corrected chi connectivity index (χ0v) is 15.0. The molecule has 2 rings (SSSR count). The Bertz CT molecular complexity index is 533. The summed E-state index contributed by atoms with van der Waals surface area (Å²) in [6.45, 7) is 8.38. The molecule has 1 aliphatic rings. The molecule has 0 saturated carbocycles. The molecule has 1 heterocycles. The van der Waals surface area contributed by atoms with Crippen LogP contribution in [0.2, 0.25) is 10.0 Å². The molecule has 1 aliphatic heterocycles. The van der Waals surface area contributed by atoms with Gasteiger partial charge in [-0.05, 0) is 31.5 Å². The number of nitrogens with zero attached hydrogens (tertiary/aromatic N) is 1. The molecule has 2 nitrogen and oxygen atoms in total. The van der Waals surface area contributed by atoms with Gasteiger partial charge in [0, 0.05) is 34.2 Å². The Labute approximate surface area is 141 Å². The van der Waals surface area contributed by atoms with Crippen molar-refractivity contribution in [3.63, 3.8) is 0 Å². The molecular weight excluding hydrogens is 325 g/mol. The monoisotopic (exact) mass is 345 g/mol. The fourth-order valence-corrected chi connectivity index (χ4v) is 4.12. The molecule has 1 unspecified atom stereocenters. The standard InChI is InChI=1S/C16H21Cl2NOS/c1-11(19-7-6-16(2,3)21-9-8-19)15(20)13-5-4-12(17)10-14(13)18/h4-5,10-11H,6-9H2,1-3H3. The van der Waals surface area contributed by atoms with Gasteiger partial charge >= 0.3 is 0 Å². The summed E-state index contributed by atoms with van der Waals surface area (Å²) >= 11 is 14.0. The third-order valence-corrected chi connectivity index (χ3v) is 5.92. The van der Waals surface area contributed by atoms with Crippen molar-refractivity contribution in [3.05, 3.63) is 33.8 Å². The van der Waals surface area contributed by atoms with Crippen LogP contribution in [-0.2, 0) is 0 Å². The lowest BCUT2D eigenvalue weighted by Crippen LogP contribution is -2.40. The van der Waals surface area contributed by atoms with Gasteiger partial charge in [0.1, 0.15) is 0 Å². The molecule has 1 aromatic rings. The van der Waals surface area contributed by atoms with Gasteiger partial charge in [-0.2, -0.15) is 11.8 Å². The highest BCUT2D eigenvalue weighted by Crippen LogP contribution is 2.32. The second-order valence-electron chi connectivity index (χ2n) is 6.06. The van der Waals surface area contributed by atoms with Gasteiger partial charge in [-0.1, -0.05) is 37.0 Å². The van der Waals surface area contributed by atoms with E-state index in [2.05, 4.69) is 18.7 Å². The topological polar surface area (TPSA) is 20.3 Å². The quantitative estimate of drug-likeness (QED) is 0.735. The lowest BCUT2D eigenvalue weighted by atomic mass is 10.0. The van der Waals surface area contributed by atoms with Gasteiger partial charge in [0.2, 0.25) is 0 Å². The summed E-state index contributed by atoms with van der Waals surface area (Å²) in [5, 5.41) is 0.987. The molecule has 0 N–H and O–H groups in total. The minimum Gasteiger partial charge on any atom is -0.293 e. The highest BCUT2D eigenvalue weighted by atomic mass is 35.5. The number of Topliss-reactive ketones (excluding diaryl/α,β-unsaturated/α-hetero) is 1. The minimum atomic E-state index is -0.154. The third-order valence-electron chi connectivity index (χ3n) is 4.00. The van der Waals surface area contributed by atoms with Gasteiger partial charge in [-0.3, -0.25) is 9.69 Å². The molecule has 5 heteroatoms. The largest absolute Gasteiger partial charge is 0.293 e. The first kappa shape index (κ1) is 17.1. The van der Waals surface area contributed by atoms with E-state index in [0.29, 0.717) is 15.6 Å². The van der Waals surface area contributed by atoms with E-state index in [0.717, 1.165) is 25.3 Å². The fraction of sp³-hybridized carbons (Fsp3) is 0.562. The highest BCUT2D eigenvalue weighted by molar-refractivity contribution is 8.00. The molecule has 1 saturated heterocycles. The molecule has 21 heavy (non-hydrogen) atoms. The number of benzene rings is 1. The van der Waals surface area contributed by atoms with E-state index in [4.69, 9.17) is 23.2 Å². The average Bonchev–Trinajstić information content (AvgIpc) is 2.58. The van der Waals surface area contributed by atoms with Crippen molar-refractivity contribution < 1.29 is 4.79 Å². The summed E-state index contributed by atoms with van der Waals surface area (Å²) in [4.78, 5) is 14.9. The number of hydrogen-bond donors (Lipinski definition) is 0. The first-order chi connectivity index (χ1) is 9.80. The van der Waals surface area contributed by atoms with E-state index in [1.54, 1.807) is 18.2 Å². The normalized spacial score (nSPS) is 20.8. The fourth-order valence-electron chi connectivity index (χ4n) is 2.50. The first-order valence-electron chi connectivity index (χ1n) is 7.17. The van der Waals surface area contributed by atoms with Crippen LogP contribution in [0.5, 0.6) is 0 Å². The molecule has 1 fully saturated rings. The van der Waals surface area contributed by atoms with E-state index in [1.807, 2.05) is 18.7 Å². The Balaban J connectivity index is 2.12. The Hall–Kier alpha value is -0.220. The molecule has 0 bridgehead atoms. The lowest BCUT2D eigenvalue weighted by Gasteiger charge is -2.27. The molecule has 1 aromatic carbocycles. The maximum Gasteiger partial charge on any atom is 0.181 e. The molecule has 116 valence electrons. The average molecular weight is 346 g/mol. The van der Waals surface area contributed by atoms with E-state index in [9.17, 15) is 4.79 Å². The van der Waals surface area contributed by atoms with Crippen LogP contribution in [0.1, 0.15) is 37.6 Å². The Morgan fingerprint density at radius 2 is 2.05 bits per heavy atom. The Kier molecular flexibility index (Phi) is 5.64. The number of rotatable bonds is 3. The van der Waals surface area contributed by atoms with Crippen LogP contribution in [0.3, 0.4) is 0 Å². The van der Waals surface area contributed by atoms with Crippen molar-refractivity contribution >= 4 is 40.7 Å². The summed E-state index contributed by atoms with van der Waals surface area (Å²) in [5.74, 6) is 1.13. The number of ketones is 1. The minimum absolute atomic E-state index is 0.0707. The maximum atomic E-state index is 12.7. The predicted octanol–water partition coefficient (Wildman–Crippen LogP) is 4.78. The number of carbonyl (C=O) groups is 1. The van der Waals surface area contributed by atoms with E-state index >= 15 is 0 Å². The molecule has 0 aromatic heterocycles. The second-order valence-corrected chi connectivity index (χ2v) is 8.70. The van der Waals surface area contributed by atoms with Crippen LogP contribution < -0.4 is 0 Å². The van der Waals surface area contributed by atoms with Crippen LogP contribution in [-0.4, -0.2) is 40.3 Å². The lowest BCUT2D eigenvalue weighted by molar-refractivity contribution is 0.0845. The van der Waals surface area contributed by atoms with Crippen molar-refractivity contribution in [3.8, 4) is 0 Å². The van der Waals surface area contributed by atoms with Crippen LogP contribution >= 0.6 is 35.0 Å². The van der Waals surface area contributed by atoms with Gasteiger partial charge in [0.05, 0.1) is 11.1 Å². The maximum absolute atomic E-state index is 12.7. The van der Waals surface area contributed by atoms with Gasteiger partial charge in [-0.15, -0.1) is 0 Å². The van der Waals surface area contributed by atoms with Gasteiger partial charge in [0.25, 0.3) is 0 Å². The number of halogens is 2. The Morgan fingerprint density at radius 1 is 1.33 bits per heavy atom. The highest BCUT2D eigenvalue weighted by Gasteiger charge is 2.29. The summed E-state index contributed by atoms with van der Waals surface area (Å²) < 4.78 is 0.287. The SMILES string of the molecule is CC(C(=O)c1ccc(Cl)cc1Cl)N1CCSC(C)(C)CC1. The van der Waals surface area contributed by atoms with Crippen LogP contribution in [0.25, 0.3) is 0 Å². The van der Waals surface area contributed by atoms with Gasteiger partial charge in [0.15, 0.2) is 5.78 Å². The number of thioether (sulfide) groups is 1. The number of hydrogen-bond acceptors (Lipinski definition) is 3. The van der Waals surface area contributed by atoms with Crippen molar-refractivity contribution in [2.75, 3.05) is 18.8 Å². The number of carbonyl (C=O) groups excluding carboxylic acids is 1. The summed E-state index contributed by atoms with van der Waals surface area (Å²) in [6, 6.07) is 4.91. The molecular formula is C16H21Cl2NOS. The summed E-state index contributed by atoms with van der Waals surface area (Å²) in [5.41, 5.74) is 0.560.